The van der Waals surface area contributed by atoms with E-state index in [1.165, 1.54) is 6.20 Å². The van der Waals surface area contributed by atoms with Gasteiger partial charge in [-0.3, -0.25) is 4.90 Å². The van der Waals surface area contributed by atoms with E-state index in [1.54, 1.807) is 4.90 Å². The summed E-state index contributed by atoms with van der Waals surface area (Å²) in [6.07, 6.45) is 2.42. The predicted molar refractivity (Wildman–Crippen MR) is 131 cm³/mol. The summed E-state index contributed by atoms with van der Waals surface area (Å²) in [5.41, 5.74) is -0.951. The van der Waals surface area contributed by atoms with E-state index < -0.39 is 17.6 Å². The van der Waals surface area contributed by atoms with Crippen molar-refractivity contribution in [3.63, 3.8) is 0 Å². The third-order valence-corrected chi connectivity index (χ3v) is 7.33. The zero-order valence-electron chi connectivity index (χ0n) is 20.8. The number of pyridine rings is 1. The maximum Gasteiger partial charge on any atom is 0.410 e. The molecule has 0 spiro atoms. The van der Waals surface area contributed by atoms with Gasteiger partial charge in [-0.15, -0.1) is 0 Å². The monoisotopic (exact) mass is 524 g/mol. The van der Waals surface area contributed by atoms with Crippen molar-refractivity contribution < 1.29 is 23.0 Å². The fraction of sp³-hybridized carbons (Fsp3) is 0.667. The van der Waals surface area contributed by atoms with Crippen LogP contribution < -0.4 is 9.64 Å². The second-order valence-corrected chi connectivity index (χ2v) is 11.1. The molecule has 1 amide bonds. The molecule has 3 aliphatic rings. The maximum atomic E-state index is 15.0. The van der Waals surface area contributed by atoms with E-state index in [-0.39, 0.29) is 34.9 Å². The number of carbonyl (C=O) groups is 1. The Morgan fingerprint density at radius 3 is 2.69 bits per heavy atom. The molecule has 3 fully saturated rings. The molecule has 0 bridgehead atoms. The Labute approximate surface area is 213 Å². The summed E-state index contributed by atoms with van der Waals surface area (Å²) in [4.78, 5) is 31.0. The number of rotatable bonds is 4. The first-order chi connectivity index (χ1) is 17.0. The highest BCUT2D eigenvalue weighted by atomic mass is 35.5. The van der Waals surface area contributed by atoms with Crippen molar-refractivity contribution >= 4 is 34.4 Å². The number of carbonyl (C=O) groups excluding carboxylic acids is 1. The average Bonchev–Trinajstić information content (AvgIpc) is 3.34. The molecular formula is C24H31ClF2N6O3. The van der Waals surface area contributed by atoms with Gasteiger partial charge in [0.15, 0.2) is 11.0 Å². The molecule has 36 heavy (non-hydrogen) atoms. The van der Waals surface area contributed by atoms with Crippen molar-refractivity contribution in [3.05, 3.63) is 17.2 Å². The first-order valence-corrected chi connectivity index (χ1v) is 12.7. The number of hydrogen-bond donors (Lipinski definition) is 0. The van der Waals surface area contributed by atoms with Gasteiger partial charge < -0.3 is 19.3 Å². The highest BCUT2D eigenvalue weighted by Gasteiger charge is 2.49. The van der Waals surface area contributed by atoms with Crippen LogP contribution in [0.25, 0.3) is 10.9 Å². The number of amides is 1. The van der Waals surface area contributed by atoms with Gasteiger partial charge in [-0.1, -0.05) is 11.6 Å². The van der Waals surface area contributed by atoms with Crippen molar-refractivity contribution in [3.8, 4) is 6.01 Å². The number of anilines is 1. The van der Waals surface area contributed by atoms with Crippen LogP contribution in [0, 0.1) is 5.82 Å². The standard InChI is InChI=1S/C24H31ClF2N6O3/c1-23(2,3)36-22(34)32-9-7-31(8-10-32)20-16-12-28-19(25)17(27)18(16)29-21(30-20)35-14-24-5-4-6-33(24)13-15(26)11-24/h12,15H,4-11,13-14H2,1-3H3/t15-,24?/m1/s1. The topological polar surface area (TPSA) is 83.9 Å². The molecule has 5 rings (SSSR count). The lowest BCUT2D eigenvalue weighted by Gasteiger charge is -2.36. The maximum absolute atomic E-state index is 15.0. The van der Waals surface area contributed by atoms with Crippen LogP contribution in [0.5, 0.6) is 6.01 Å². The van der Waals surface area contributed by atoms with Crippen molar-refractivity contribution in [1.82, 2.24) is 24.8 Å². The largest absolute Gasteiger partial charge is 0.461 e. The molecule has 0 saturated carbocycles. The molecule has 0 N–H and O–H groups in total. The van der Waals surface area contributed by atoms with Crippen LogP contribution >= 0.6 is 11.6 Å². The lowest BCUT2D eigenvalue weighted by atomic mass is 9.95. The highest BCUT2D eigenvalue weighted by molar-refractivity contribution is 6.30. The summed E-state index contributed by atoms with van der Waals surface area (Å²) >= 11 is 5.95. The van der Waals surface area contributed by atoms with E-state index in [0.29, 0.717) is 50.3 Å². The number of piperazine rings is 1. The predicted octanol–water partition coefficient (Wildman–Crippen LogP) is 3.83. The SMILES string of the molecule is CC(C)(C)OC(=O)N1CCN(c2nc(OCC34CCCN3C[C@H](F)C4)nc3c(F)c(Cl)ncc23)CC1. The summed E-state index contributed by atoms with van der Waals surface area (Å²) in [6.45, 7) is 8.69. The molecule has 5 heterocycles. The summed E-state index contributed by atoms with van der Waals surface area (Å²) in [5, 5.41) is 0.116. The molecule has 3 aliphatic heterocycles. The van der Waals surface area contributed by atoms with Crippen LogP contribution in [0.1, 0.15) is 40.0 Å². The second-order valence-electron chi connectivity index (χ2n) is 10.8. The van der Waals surface area contributed by atoms with E-state index in [1.807, 2.05) is 25.7 Å². The molecule has 0 aliphatic carbocycles. The quantitative estimate of drug-likeness (QED) is 0.558. The third kappa shape index (κ3) is 4.87. The molecular weight excluding hydrogens is 494 g/mol. The second kappa shape index (κ2) is 9.41. The molecule has 2 aromatic heterocycles. The van der Waals surface area contributed by atoms with Crippen LogP contribution in [-0.4, -0.2) is 94.0 Å². The van der Waals surface area contributed by atoms with Gasteiger partial charge in [0.2, 0.25) is 0 Å². The van der Waals surface area contributed by atoms with Gasteiger partial charge in [-0.05, 0) is 40.2 Å². The molecule has 2 aromatic rings. The van der Waals surface area contributed by atoms with Gasteiger partial charge in [-0.25, -0.2) is 18.6 Å². The van der Waals surface area contributed by atoms with E-state index in [2.05, 4.69) is 19.9 Å². The summed E-state index contributed by atoms with van der Waals surface area (Å²) in [7, 11) is 0. The van der Waals surface area contributed by atoms with Crippen LogP contribution in [0.4, 0.5) is 19.4 Å². The minimum atomic E-state index is -0.884. The molecule has 9 nitrogen and oxygen atoms in total. The smallest absolute Gasteiger partial charge is 0.410 e. The van der Waals surface area contributed by atoms with Gasteiger partial charge in [0, 0.05) is 45.3 Å². The third-order valence-electron chi connectivity index (χ3n) is 7.06. The van der Waals surface area contributed by atoms with Crippen molar-refractivity contribution in [2.75, 3.05) is 50.8 Å². The number of aromatic nitrogens is 3. The number of nitrogens with zero attached hydrogens (tertiary/aromatic N) is 6. The Bertz CT molecular complexity index is 1160. The van der Waals surface area contributed by atoms with Crippen LogP contribution in [0.3, 0.4) is 0 Å². The highest BCUT2D eigenvalue weighted by Crippen LogP contribution is 2.40. The van der Waals surface area contributed by atoms with E-state index in [4.69, 9.17) is 21.1 Å². The number of fused-ring (bicyclic) bond motifs is 2. The summed E-state index contributed by atoms with van der Waals surface area (Å²) in [5.74, 6) is -0.294. The zero-order chi connectivity index (χ0) is 25.7. The number of alkyl halides is 1. The van der Waals surface area contributed by atoms with E-state index >= 15 is 0 Å². The number of halogens is 3. The fourth-order valence-electron chi connectivity index (χ4n) is 5.38. The van der Waals surface area contributed by atoms with Crippen molar-refractivity contribution in [1.29, 1.82) is 0 Å². The van der Waals surface area contributed by atoms with Gasteiger partial charge in [-0.2, -0.15) is 9.97 Å². The Hall–Kier alpha value is -2.53. The fourth-order valence-corrected chi connectivity index (χ4v) is 5.52. The molecule has 2 atom stereocenters. The average molecular weight is 525 g/mol. The van der Waals surface area contributed by atoms with Crippen LogP contribution in [0.15, 0.2) is 6.20 Å². The minimum absolute atomic E-state index is 0.0109. The molecule has 0 radical (unpaired) electrons. The molecule has 12 heteroatoms. The first kappa shape index (κ1) is 25.1. The Kier molecular flexibility index (Phi) is 6.57. The van der Waals surface area contributed by atoms with Gasteiger partial charge in [0.1, 0.15) is 29.7 Å². The molecule has 1 unspecified atom stereocenters. The number of hydrogen-bond acceptors (Lipinski definition) is 8. The van der Waals surface area contributed by atoms with E-state index in [9.17, 15) is 13.6 Å². The lowest BCUT2D eigenvalue weighted by molar-refractivity contribution is 0.0240. The summed E-state index contributed by atoms with van der Waals surface area (Å²) < 4.78 is 40.6. The Balaban J connectivity index is 1.39. The first-order valence-electron chi connectivity index (χ1n) is 12.3. The summed E-state index contributed by atoms with van der Waals surface area (Å²) in [6, 6.07) is 0.0109. The molecule has 196 valence electrons. The molecule has 3 saturated heterocycles. The minimum Gasteiger partial charge on any atom is -0.461 e. The van der Waals surface area contributed by atoms with Crippen molar-refractivity contribution in [2.24, 2.45) is 0 Å². The van der Waals surface area contributed by atoms with Crippen molar-refractivity contribution in [2.45, 2.75) is 57.3 Å². The Morgan fingerprint density at radius 1 is 1.22 bits per heavy atom. The van der Waals surface area contributed by atoms with Crippen LogP contribution in [-0.2, 0) is 4.74 Å². The van der Waals surface area contributed by atoms with Gasteiger partial charge >= 0.3 is 12.1 Å². The van der Waals surface area contributed by atoms with Gasteiger partial charge in [0.05, 0.1) is 10.9 Å². The van der Waals surface area contributed by atoms with E-state index in [0.717, 1.165) is 19.4 Å². The lowest BCUT2D eigenvalue weighted by Crippen LogP contribution is -2.50. The Morgan fingerprint density at radius 2 is 1.97 bits per heavy atom. The van der Waals surface area contributed by atoms with Crippen LogP contribution in [0.2, 0.25) is 5.15 Å². The number of ether oxygens (including phenoxy) is 2. The zero-order valence-corrected chi connectivity index (χ0v) is 21.5. The normalized spacial score (nSPS) is 24.9. The van der Waals surface area contributed by atoms with Gasteiger partial charge in [0.25, 0.3) is 0 Å². The molecule has 0 aromatic carbocycles.